The van der Waals surface area contributed by atoms with E-state index in [9.17, 15) is 31.5 Å². The van der Waals surface area contributed by atoms with Crippen molar-refractivity contribution in [2.75, 3.05) is 31.5 Å². The van der Waals surface area contributed by atoms with Crippen molar-refractivity contribution in [3.05, 3.63) is 89.0 Å². The Balaban J connectivity index is 1.60. The van der Waals surface area contributed by atoms with Gasteiger partial charge in [-0.1, -0.05) is 36.8 Å². The zero-order chi connectivity index (χ0) is 32.2. The Morgan fingerprint density at radius 1 is 1.09 bits per heavy atom. The number of aliphatic hydroxyl groups is 1. The van der Waals surface area contributed by atoms with Crippen LogP contribution in [0, 0.1) is 12.8 Å². The number of sulfonamides is 1. The molecule has 8 nitrogen and oxygen atoms in total. The van der Waals surface area contributed by atoms with Crippen molar-refractivity contribution in [3.63, 3.8) is 0 Å². The number of rotatable bonds is 9. The fourth-order valence-electron chi connectivity index (χ4n) is 5.12. The molecule has 3 aromatic carbocycles. The quantitative estimate of drug-likeness (QED) is 0.341. The van der Waals surface area contributed by atoms with E-state index in [1.165, 1.54) is 24.3 Å². The lowest BCUT2D eigenvalue weighted by atomic mass is 10.0. The summed E-state index contributed by atoms with van der Waals surface area (Å²) in [5.41, 5.74) is 1.67. The topological polar surface area (TPSA) is 99.2 Å². The summed E-state index contributed by atoms with van der Waals surface area (Å²) in [6, 6.07) is 15.8. The van der Waals surface area contributed by atoms with Crippen LogP contribution in [-0.4, -0.2) is 68.1 Å². The van der Waals surface area contributed by atoms with Crippen LogP contribution < -0.4 is 9.46 Å². The van der Waals surface area contributed by atoms with Gasteiger partial charge in [-0.2, -0.15) is 13.2 Å². The SMILES string of the molecule is Cc1ccc(S(=O)(=O)Nc2ccc3c(c2)CC(=O)N([C@@H](C)CO)C[C@H](C)[C@@H](CN(C)Cc2ccc(C(F)(F)F)cc2)O3)cc1. The molecule has 4 rings (SSSR count). The molecule has 0 saturated carbocycles. The number of ether oxygens (including phenoxy) is 1. The van der Waals surface area contributed by atoms with E-state index in [-0.39, 0.29) is 35.4 Å². The minimum absolute atomic E-state index is 0.0688. The number of amides is 1. The molecule has 2 N–H and O–H groups in total. The molecule has 12 heteroatoms. The largest absolute Gasteiger partial charge is 0.488 e. The average molecular weight is 634 g/mol. The second-order valence-corrected chi connectivity index (χ2v) is 13.2. The lowest BCUT2D eigenvalue weighted by molar-refractivity contribution is -0.137. The standard InChI is InChI=1S/C32H38F3N3O5S/c1-21-5-12-28(13-6-21)44(41,42)36-27-11-14-29-25(15-27)16-31(40)38(23(3)20-39)17-22(2)30(43-29)19-37(4)18-24-7-9-26(10-8-24)32(33,34)35/h5-15,22-23,30,36,39H,16-20H2,1-4H3/t22-,23-,30+/m0/s1. The molecule has 1 amide bonds. The van der Waals surface area contributed by atoms with Crippen LogP contribution in [0.3, 0.4) is 0 Å². The van der Waals surface area contributed by atoms with E-state index >= 15 is 0 Å². The lowest BCUT2D eigenvalue weighted by Crippen LogP contribution is -2.47. The van der Waals surface area contributed by atoms with Crippen LogP contribution in [0.15, 0.2) is 71.6 Å². The summed E-state index contributed by atoms with van der Waals surface area (Å²) in [6.45, 7) is 6.38. The molecule has 0 bridgehead atoms. The first-order chi connectivity index (χ1) is 20.7. The number of anilines is 1. The predicted octanol–water partition coefficient (Wildman–Crippen LogP) is 5.10. The van der Waals surface area contributed by atoms with Crippen LogP contribution in [0.25, 0.3) is 0 Å². The van der Waals surface area contributed by atoms with Gasteiger partial charge in [-0.3, -0.25) is 14.4 Å². The second kappa shape index (κ2) is 13.6. The number of aryl methyl sites for hydroxylation is 1. The van der Waals surface area contributed by atoms with Crippen molar-refractivity contribution in [2.24, 2.45) is 5.92 Å². The van der Waals surface area contributed by atoms with E-state index in [2.05, 4.69) is 4.72 Å². The maximum absolute atomic E-state index is 13.5. The number of carbonyl (C=O) groups is 1. The molecule has 1 aliphatic heterocycles. The van der Waals surface area contributed by atoms with Crippen molar-refractivity contribution in [2.45, 2.75) is 57.0 Å². The summed E-state index contributed by atoms with van der Waals surface area (Å²) < 4.78 is 74.1. The number of fused-ring (bicyclic) bond motifs is 1. The lowest BCUT2D eigenvalue weighted by Gasteiger charge is -2.34. The molecule has 0 fully saturated rings. The molecule has 44 heavy (non-hydrogen) atoms. The molecule has 238 valence electrons. The number of likely N-dealkylation sites (N-methyl/N-ethyl adjacent to an activating group) is 1. The van der Waals surface area contributed by atoms with Crippen LogP contribution in [0.4, 0.5) is 18.9 Å². The highest BCUT2D eigenvalue weighted by Crippen LogP contribution is 2.31. The second-order valence-electron chi connectivity index (χ2n) is 11.5. The minimum atomic E-state index is -4.41. The van der Waals surface area contributed by atoms with Crippen molar-refractivity contribution >= 4 is 21.6 Å². The van der Waals surface area contributed by atoms with E-state index in [0.717, 1.165) is 17.7 Å². The molecule has 0 saturated heterocycles. The molecule has 0 spiro atoms. The van der Waals surface area contributed by atoms with Crippen LogP contribution in [0.5, 0.6) is 5.75 Å². The molecule has 0 radical (unpaired) electrons. The van der Waals surface area contributed by atoms with E-state index in [4.69, 9.17) is 4.74 Å². The van der Waals surface area contributed by atoms with Crippen LogP contribution in [0.1, 0.15) is 36.1 Å². The highest BCUT2D eigenvalue weighted by atomic mass is 32.2. The number of hydrogen-bond acceptors (Lipinski definition) is 6. The molecule has 3 aromatic rings. The minimum Gasteiger partial charge on any atom is -0.488 e. The van der Waals surface area contributed by atoms with Gasteiger partial charge in [0.05, 0.1) is 29.5 Å². The molecular weight excluding hydrogens is 595 g/mol. The predicted molar refractivity (Wildman–Crippen MR) is 162 cm³/mol. The molecule has 0 unspecified atom stereocenters. The van der Waals surface area contributed by atoms with Crippen molar-refractivity contribution in [1.29, 1.82) is 0 Å². The van der Waals surface area contributed by atoms with Crippen molar-refractivity contribution < 1.29 is 36.2 Å². The van der Waals surface area contributed by atoms with E-state index < -0.39 is 33.9 Å². The number of nitrogens with zero attached hydrogens (tertiary/aromatic N) is 2. The number of nitrogens with one attached hydrogen (secondary N) is 1. The van der Waals surface area contributed by atoms with Crippen molar-refractivity contribution in [1.82, 2.24) is 9.80 Å². The van der Waals surface area contributed by atoms with Gasteiger partial charge >= 0.3 is 6.18 Å². The van der Waals surface area contributed by atoms with Gasteiger partial charge in [-0.15, -0.1) is 0 Å². The fraction of sp³-hybridized carbons (Fsp3) is 0.406. The summed E-state index contributed by atoms with van der Waals surface area (Å²) in [7, 11) is -2.05. The molecule has 1 heterocycles. The maximum atomic E-state index is 13.5. The molecule has 0 aliphatic carbocycles. The van der Waals surface area contributed by atoms with Crippen molar-refractivity contribution in [3.8, 4) is 5.75 Å². The molecule has 3 atom stereocenters. The van der Waals surface area contributed by atoms with Crippen LogP contribution >= 0.6 is 0 Å². The van der Waals surface area contributed by atoms with Gasteiger partial charge in [0.1, 0.15) is 11.9 Å². The van der Waals surface area contributed by atoms with E-state index in [0.29, 0.717) is 36.5 Å². The number of halogens is 3. The smallest absolute Gasteiger partial charge is 0.416 e. The van der Waals surface area contributed by atoms with Gasteiger partial charge in [0.2, 0.25) is 5.91 Å². The van der Waals surface area contributed by atoms with Crippen LogP contribution in [-0.2, 0) is 34.0 Å². The highest BCUT2D eigenvalue weighted by Gasteiger charge is 2.32. The van der Waals surface area contributed by atoms with E-state index in [1.807, 2.05) is 25.8 Å². The third kappa shape index (κ3) is 8.30. The third-order valence-electron chi connectivity index (χ3n) is 7.73. The summed E-state index contributed by atoms with van der Waals surface area (Å²) in [5.74, 6) is 0.00383. The zero-order valence-electron chi connectivity index (χ0n) is 25.1. The first kappa shape index (κ1) is 33.3. The fourth-order valence-corrected chi connectivity index (χ4v) is 6.17. The number of benzene rings is 3. The molecule has 0 aromatic heterocycles. The number of aliphatic hydroxyl groups excluding tert-OH is 1. The van der Waals surface area contributed by atoms with Gasteiger partial charge in [-0.25, -0.2) is 8.42 Å². The number of alkyl halides is 3. The highest BCUT2D eigenvalue weighted by molar-refractivity contribution is 7.92. The van der Waals surface area contributed by atoms with E-state index in [1.54, 1.807) is 42.2 Å². The van der Waals surface area contributed by atoms with Gasteiger partial charge < -0.3 is 14.7 Å². The Morgan fingerprint density at radius 2 is 1.75 bits per heavy atom. The monoisotopic (exact) mass is 633 g/mol. The maximum Gasteiger partial charge on any atom is 0.416 e. The molecule has 1 aliphatic rings. The number of hydrogen-bond donors (Lipinski definition) is 2. The Hall–Kier alpha value is -3.61. The zero-order valence-corrected chi connectivity index (χ0v) is 26.0. The van der Waals surface area contributed by atoms with Gasteiger partial charge in [0.15, 0.2) is 0 Å². The average Bonchev–Trinajstić information content (AvgIpc) is 3.00. The first-order valence-electron chi connectivity index (χ1n) is 14.3. The Morgan fingerprint density at radius 3 is 2.36 bits per heavy atom. The Kier molecular flexibility index (Phi) is 10.3. The van der Waals surface area contributed by atoms with Crippen LogP contribution in [0.2, 0.25) is 0 Å². The van der Waals surface area contributed by atoms with Gasteiger partial charge in [0.25, 0.3) is 10.0 Å². The normalized spacial score (nSPS) is 18.6. The molecular formula is C32H38F3N3O5S. The number of carbonyl (C=O) groups excluding carboxylic acids is 1. The Labute approximate surface area is 256 Å². The Bertz CT molecular complexity index is 1550. The van der Waals surface area contributed by atoms with Gasteiger partial charge in [-0.05, 0) is 68.9 Å². The first-order valence-corrected chi connectivity index (χ1v) is 15.8. The summed E-state index contributed by atoms with van der Waals surface area (Å²) in [4.78, 5) is 17.1. The summed E-state index contributed by atoms with van der Waals surface area (Å²) >= 11 is 0. The summed E-state index contributed by atoms with van der Waals surface area (Å²) in [5, 5.41) is 9.88. The third-order valence-corrected chi connectivity index (χ3v) is 9.12. The van der Waals surface area contributed by atoms with Gasteiger partial charge in [0, 0.05) is 36.8 Å². The summed E-state index contributed by atoms with van der Waals surface area (Å²) in [6.07, 6.45) is -4.92.